The SMILES string of the molecule is CNC(=O)Cn1cc(NC(=O)c2cnn3cccnc23)c(-c2cc(Cl)ccc2OC)n1. The lowest BCUT2D eigenvalue weighted by atomic mass is 10.1. The molecule has 0 saturated heterocycles. The van der Waals surface area contributed by atoms with Gasteiger partial charge in [0.2, 0.25) is 5.91 Å². The van der Waals surface area contributed by atoms with Gasteiger partial charge in [0.1, 0.15) is 23.6 Å². The summed E-state index contributed by atoms with van der Waals surface area (Å²) >= 11 is 6.18. The van der Waals surface area contributed by atoms with Crippen molar-refractivity contribution in [3.05, 3.63) is 59.6 Å². The molecule has 3 heterocycles. The molecule has 4 aromatic rings. The average Bonchev–Trinajstić information content (AvgIpc) is 3.37. The Morgan fingerprint density at radius 2 is 2.13 bits per heavy atom. The number of anilines is 1. The molecule has 0 aliphatic heterocycles. The Morgan fingerprint density at radius 3 is 2.90 bits per heavy atom. The van der Waals surface area contributed by atoms with Gasteiger partial charge in [-0.2, -0.15) is 10.2 Å². The van der Waals surface area contributed by atoms with Gasteiger partial charge in [-0.15, -0.1) is 0 Å². The number of aromatic nitrogens is 5. The molecule has 0 radical (unpaired) electrons. The molecule has 0 aliphatic carbocycles. The van der Waals surface area contributed by atoms with E-state index in [-0.39, 0.29) is 12.5 Å². The van der Waals surface area contributed by atoms with Crippen molar-refractivity contribution < 1.29 is 14.3 Å². The van der Waals surface area contributed by atoms with Crippen molar-refractivity contribution in [1.29, 1.82) is 0 Å². The van der Waals surface area contributed by atoms with Crippen LogP contribution in [0, 0.1) is 0 Å². The second kappa shape index (κ2) is 8.44. The first-order valence-electron chi connectivity index (χ1n) is 9.22. The standard InChI is InChI=1S/C20H18ClN7O3/c1-22-17(29)11-27-10-15(18(26-27)13-8-12(21)4-5-16(13)31-2)25-20(30)14-9-24-28-7-3-6-23-19(14)28/h3-10H,11H2,1-2H3,(H,22,29)(H,25,30). The van der Waals surface area contributed by atoms with Crippen LogP contribution in [0.25, 0.3) is 16.9 Å². The Morgan fingerprint density at radius 1 is 1.29 bits per heavy atom. The van der Waals surface area contributed by atoms with Gasteiger partial charge < -0.3 is 15.4 Å². The fourth-order valence-corrected chi connectivity index (χ4v) is 3.23. The Balaban J connectivity index is 1.76. The van der Waals surface area contributed by atoms with Crippen molar-refractivity contribution in [2.45, 2.75) is 6.54 Å². The molecular weight excluding hydrogens is 422 g/mol. The van der Waals surface area contributed by atoms with E-state index in [2.05, 4.69) is 25.8 Å². The van der Waals surface area contributed by atoms with Crippen LogP contribution in [0.1, 0.15) is 10.4 Å². The van der Waals surface area contributed by atoms with Crippen LogP contribution in [-0.4, -0.2) is 50.4 Å². The number of likely N-dealkylation sites (N-methyl/N-ethyl adjacent to an activating group) is 1. The molecule has 2 amide bonds. The fraction of sp³-hybridized carbons (Fsp3) is 0.150. The van der Waals surface area contributed by atoms with Gasteiger partial charge in [-0.1, -0.05) is 11.6 Å². The maximum absolute atomic E-state index is 13.0. The van der Waals surface area contributed by atoms with Crippen molar-refractivity contribution in [3.63, 3.8) is 0 Å². The van der Waals surface area contributed by atoms with E-state index in [1.54, 1.807) is 42.9 Å². The predicted molar refractivity (Wildman–Crippen MR) is 114 cm³/mol. The number of halogens is 1. The van der Waals surface area contributed by atoms with E-state index in [1.807, 2.05) is 0 Å². The van der Waals surface area contributed by atoms with Gasteiger partial charge >= 0.3 is 0 Å². The first-order chi connectivity index (χ1) is 15.0. The predicted octanol–water partition coefficient (Wildman–Crippen LogP) is 2.25. The molecular formula is C20H18ClN7O3. The van der Waals surface area contributed by atoms with Crippen molar-refractivity contribution in [3.8, 4) is 17.0 Å². The average molecular weight is 440 g/mol. The summed E-state index contributed by atoms with van der Waals surface area (Å²) in [5, 5.41) is 14.5. The van der Waals surface area contributed by atoms with Crippen LogP contribution < -0.4 is 15.4 Å². The lowest BCUT2D eigenvalue weighted by Gasteiger charge is -2.09. The second-order valence-corrected chi connectivity index (χ2v) is 6.94. The normalized spacial score (nSPS) is 10.8. The number of amides is 2. The van der Waals surface area contributed by atoms with Crippen LogP contribution in [0.15, 0.2) is 49.1 Å². The van der Waals surface area contributed by atoms with Crippen LogP contribution in [-0.2, 0) is 11.3 Å². The number of fused-ring (bicyclic) bond motifs is 1. The molecule has 158 valence electrons. The minimum Gasteiger partial charge on any atom is -0.496 e. The number of nitrogens with one attached hydrogen (secondary N) is 2. The Bertz CT molecular complexity index is 1280. The van der Waals surface area contributed by atoms with Gasteiger partial charge in [-0.05, 0) is 24.3 Å². The molecule has 4 rings (SSSR count). The molecule has 0 saturated carbocycles. The van der Waals surface area contributed by atoms with Crippen molar-refractivity contribution in [2.24, 2.45) is 0 Å². The third-order valence-electron chi connectivity index (χ3n) is 4.53. The van der Waals surface area contributed by atoms with Gasteiger partial charge in [-0.3, -0.25) is 14.3 Å². The summed E-state index contributed by atoms with van der Waals surface area (Å²) in [6.45, 7) is -0.0273. The first kappa shape index (κ1) is 20.4. The molecule has 0 spiro atoms. The van der Waals surface area contributed by atoms with E-state index in [4.69, 9.17) is 16.3 Å². The zero-order valence-corrected chi connectivity index (χ0v) is 17.4. The number of hydrogen-bond acceptors (Lipinski definition) is 6. The van der Waals surface area contributed by atoms with Gasteiger partial charge in [0.25, 0.3) is 5.91 Å². The molecule has 2 N–H and O–H groups in total. The number of nitrogens with zero attached hydrogens (tertiary/aromatic N) is 5. The summed E-state index contributed by atoms with van der Waals surface area (Å²) in [7, 11) is 3.06. The first-order valence-corrected chi connectivity index (χ1v) is 9.59. The summed E-state index contributed by atoms with van der Waals surface area (Å²) in [6, 6.07) is 6.79. The van der Waals surface area contributed by atoms with Crippen molar-refractivity contribution in [1.82, 2.24) is 29.7 Å². The fourth-order valence-electron chi connectivity index (χ4n) is 3.06. The Hall–Kier alpha value is -3.92. The minimum atomic E-state index is -0.421. The second-order valence-electron chi connectivity index (χ2n) is 6.51. The Kier molecular flexibility index (Phi) is 5.54. The highest BCUT2D eigenvalue weighted by molar-refractivity contribution is 6.31. The smallest absolute Gasteiger partial charge is 0.261 e. The maximum atomic E-state index is 13.0. The van der Waals surface area contributed by atoms with Gasteiger partial charge in [-0.25, -0.2) is 9.50 Å². The van der Waals surface area contributed by atoms with E-state index in [0.29, 0.717) is 38.9 Å². The van der Waals surface area contributed by atoms with Gasteiger partial charge in [0.15, 0.2) is 5.65 Å². The molecule has 11 heteroatoms. The lowest BCUT2D eigenvalue weighted by molar-refractivity contribution is -0.121. The number of rotatable bonds is 6. The number of carbonyl (C=O) groups is 2. The molecule has 10 nitrogen and oxygen atoms in total. The summed E-state index contributed by atoms with van der Waals surface area (Å²) in [6.07, 6.45) is 6.29. The summed E-state index contributed by atoms with van der Waals surface area (Å²) in [5.41, 5.74) is 2.06. The number of methoxy groups -OCH3 is 1. The van der Waals surface area contributed by atoms with Crippen molar-refractivity contribution >= 4 is 34.7 Å². The molecule has 0 unspecified atom stereocenters. The van der Waals surface area contributed by atoms with E-state index >= 15 is 0 Å². The van der Waals surface area contributed by atoms with Gasteiger partial charge in [0, 0.05) is 36.2 Å². The highest BCUT2D eigenvalue weighted by atomic mass is 35.5. The maximum Gasteiger partial charge on any atom is 0.261 e. The van der Waals surface area contributed by atoms with E-state index in [9.17, 15) is 9.59 Å². The van der Waals surface area contributed by atoms with Crippen LogP contribution >= 0.6 is 11.6 Å². The van der Waals surface area contributed by atoms with Crippen LogP contribution in [0.2, 0.25) is 5.02 Å². The minimum absolute atomic E-state index is 0.0273. The highest BCUT2D eigenvalue weighted by Gasteiger charge is 2.21. The quantitative estimate of drug-likeness (QED) is 0.476. The number of hydrogen-bond donors (Lipinski definition) is 2. The summed E-state index contributed by atoms with van der Waals surface area (Å²) < 4.78 is 8.37. The zero-order valence-electron chi connectivity index (χ0n) is 16.7. The monoisotopic (exact) mass is 439 g/mol. The molecule has 3 aromatic heterocycles. The molecule has 0 atom stereocenters. The number of carbonyl (C=O) groups excluding carboxylic acids is 2. The van der Waals surface area contributed by atoms with Gasteiger partial charge in [0.05, 0.1) is 19.0 Å². The third kappa shape index (κ3) is 4.05. The van der Waals surface area contributed by atoms with Crippen molar-refractivity contribution in [2.75, 3.05) is 19.5 Å². The third-order valence-corrected chi connectivity index (χ3v) is 4.77. The number of benzene rings is 1. The van der Waals surface area contributed by atoms with Crippen LogP contribution in [0.5, 0.6) is 5.75 Å². The molecule has 1 aromatic carbocycles. The van der Waals surface area contributed by atoms with Crippen LogP contribution in [0.3, 0.4) is 0 Å². The van der Waals surface area contributed by atoms with Crippen LogP contribution in [0.4, 0.5) is 5.69 Å². The highest BCUT2D eigenvalue weighted by Crippen LogP contribution is 2.36. The van der Waals surface area contributed by atoms with E-state index < -0.39 is 5.91 Å². The Labute approximate surface area is 181 Å². The molecule has 0 fully saturated rings. The number of ether oxygens (including phenoxy) is 1. The molecule has 0 bridgehead atoms. The largest absolute Gasteiger partial charge is 0.496 e. The molecule has 0 aliphatic rings. The van der Waals surface area contributed by atoms with E-state index in [0.717, 1.165) is 0 Å². The summed E-state index contributed by atoms with van der Waals surface area (Å²) in [5.74, 6) is -0.144. The molecule has 31 heavy (non-hydrogen) atoms. The zero-order chi connectivity index (χ0) is 22.0. The topological polar surface area (TPSA) is 115 Å². The summed E-state index contributed by atoms with van der Waals surface area (Å²) in [4.78, 5) is 29.1. The van der Waals surface area contributed by atoms with E-state index in [1.165, 1.54) is 29.6 Å². The lowest BCUT2D eigenvalue weighted by Crippen LogP contribution is -2.23.